The van der Waals surface area contributed by atoms with Crippen LogP contribution in [0.4, 0.5) is 0 Å². The molecule has 0 spiro atoms. The molecule has 58 valence electrons. The maximum atomic E-state index is 5.09. The van der Waals surface area contributed by atoms with Gasteiger partial charge in [0.2, 0.25) is 0 Å². The first-order valence-electron chi connectivity index (χ1n) is 2.73. The molecule has 0 radical (unpaired) electrons. The van der Waals surface area contributed by atoms with Crippen molar-refractivity contribution in [3.8, 4) is 0 Å². The minimum atomic E-state index is 0.116. The van der Waals surface area contributed by atoms with Gasteiger partial charge < -0.3 is 5.73 Å². The molecule has 0 saturated heterocycles. The molecule has 0 bridgehead atoms. The summed E-state index contributed by atoms with van der Waals surface area (Å²) in [6, 6.07) is 0. The van der Waals surface area contributed by atoms with Crippen molar-refractivity contribution in [1.82, 2.24) is 20.8 Å². The average Bonchev–Trinajstić information content (AvgIpc) is 2.39. The number of nitrogens with one attached hydrogen (secondary N) is 2. The van der Waals surface area contributed by atoms with Crippen LogP contribution in [-0.4, -0.2) is 26.7 Å². The number of aromatic amines is 1. The first kappa shape index (κ1) is 7.61. The Balaban J connectivity index is 2.43. The average molecular weight is 170 g/mol. The Morgan fingerprint density at radius 1 is 1.91 bits per heavy atom. The van der Waals surface area contributed by atoms with Crippen LogP contribution in [0.15, 0.2) is 11.3 Å². The molecule has 4 N–H and O–H groups in total. The fourth-order valence-corrected chi connectivity index (χ4v) is 0.487. The summed E-state index contributed by atoms with van der Waals surface area (Å²) in [6.45, 7) is 0. The molecule has 0 atom stereocenters. The maximum Gasteiger partial charge on any atom is 0.184 e. The summed E-state index contributed by atoms with van der Waals surface area (Å²) in [5.74, 6) is 0. The molecular formula is C4H6N6S. The van der Waals surface area contributed by atoms with Gasteiger partial charge in [-0.25, -0.2) is 0 Å². The zero-order valence-corrected chi connectivity index (χ0v) is 6.30. The van der Waals surface area contributed by atoms with Crippen molar-refractivity contribution in [3.05, 3.63) is 11.9 Å². The summed E-state index contributed by atoms with van der Waals surface area (Å²) in [6.07, 6.45) is 2.97. The Labute approximate surface area is 67.9 Å². The summed E-state index contributed by atoms with van der Waals surface area (Å²) < 4.78 is 0. The van der Waals surface area contributed by atoms with Gasteiger partial charge in [-0.15, -0.1) is 0 Å². The topological polar surface area (TPSA) is 92.0 Å². The SMILES string of the molecule is NC(=S)N/N=C/c1cn[nH]n1. The van der Waals surface area contributed by atoms with Crippen LogP contribution in [0.3, 0.4) is 0 Å². The van der Waals surface area contributed by atoms with E-state index in [-0.39, 0.29) is 5.11 Å². The highest BCUT2D eigenvalue weighted by molar-refractivity contribution is 7.80. The van der Waals surface area contributed by atoms with Crippen molar-refractivity contribution in [1.29, 1.82) is 0 Å². The Kier molecular flexibility index (Phi) is 2.50. The number of hydrazone groups is 1. The Morgan fingerprint density at radius 2 is 2.73 bits per heavy atom. The van der Waals surface area contributed by atoms with Crippen molar-refractivity contribution >= 4 is 23.5 Å². The van der Waals surface area contributed by atoms with Crippen molar-refractivity contribution in [2.24, 2.45) is 10.8 Å². The molecule has 0 unspecified atom stereocenters. The number of nitrogens with two attached hydrogens (primary N) is 1. The number of hydrogen-bond donors (Lipinski definition) is 3. The van der Waals surface area contributed by atoms with Crippen molar-refractivity contribution in [2.45, 2.75) is 0 Å². The van der Waals surface area contributed by atoms with Crippen molar-refractivity contribution in [2.75, 3.05) is 0 Å². The van der Waals surface area contributed by atoms with Crippen LogP contribution >= 0.6 is 12.2 Å². The standard InChI is InChI=1S/C4H6N6S/c5-4(11)9-6-1-3-2-7-10-8-3/h1-2H,(H3,5,9,11)(H,7,8,10)/b6-1+. The molecule has 0 aromatic carbocycles. The van der Waals surface area contributed by atoms with Crippen molar-refractivity contribution < 1.29 is 0 Å². The molecule has 1 aromatic rings. The van der Waals surface area contributed by atoms with Gasteiger partial charge in [0.15, 0.2) is 5.11 Å². The quantitative estimate of drug-likeness (QED) is 0.300. The second-order valence-corrected chi connectivity index (χ2v) is 2.07. The molecule has 7 heteroatoms. The molecule has 1 aromatic heterocycles. The highest BCUT2D eigenvalue weighted by atomic mass is 32.1. The molecule has 6 nitrogen and oxygen atoms in total. The molecule has 0 aliphatic carbocycles. The van der Waals surface area contributed by atoms with Crippen LogP contribution in [0.2, 0.25) is 0 Å². The summed E-state index contributed by atoms with van der Waals surface area (Å²) in [4.78, 5) is 0. The lowest BCUT2D eigenvalue weighted by atomic mass is 10.5. The number of nitrogens with zero attached hydrogens (tertiary/aromatic N) is 3. The van der Waals surface area contributed by atoms with Gasteiger partial charge in [-0.1, -0.05) is 0 Å². The van der Waals surface area contributed by atoms with Gasteiger partial charge in [-0.05, 0) is 12.2 Å². The van der Waals surface area contributed by atoms with Gasteiger partial charge in [0, 0.05) is 0 Å². The third kappa shape index (κ3) is 2.72. The van der Waals surface area contributed by atoms with Crippen molar-refractivity contribution in [3.63, 3.8) is 0 Å². The molecule has 0 fully saturated rings. The number of rotatable bonds is 2. The summed E-state index contributed by atoms with van der Waals surface area (Å²) >= 11 is 4.50. The van der Waals surface area contributed by atoms with E-state index >= 15 is 0 Å². The molecule has 0 amide bonds. The Hall–Kier alpha value is -1.50. The lowest BCUT2D eigenvalue weighted by Gasteiger charge is -1.90. The minimum Gasteiger partial charge on any atom is -0.375 e. The molecule has 0 aliphatic heterocycles. The van der Waals surface area contributed by atoms with Gasteiger partial charge in [0.25, 0.3) is 0 Å². The maximum absolute atomic E-state index is 5.09. The summed E-state index contributed by atoms with van der Waals surface area (Å²) in [5, 5.41) is 13.5. The van der Waals surface area contributed by atoms with E-state index in [1.807, 2.05) is 0 Å². The largest absolute Gasteiger partial charge is 0.375 e. The normalized spacial score (nSPS) is 10.2. The fraction of sp³-hybridized carbons (Fsp3) is 0. The van der Waals surface area contributed by atoms with Gasteiger partial charge in [-0.3, -0.25) is 5.43 Å². The molecule has 1 heterocycles. The highest BCUT2D eigenvalue weighted by Gasteiger charge is 1.87. The molecule has 11 heavy (non-hydrogen) atoms. The molecule has 0 saturated carbocycles. The van der Waals surface area contributed by atoms with Crippen LogP contribution in [0.1, 0.15) is 5.69 Å². The lowest BCUT2D eigenvalue weighted by molar-refractivity contribution is 0.936. The van der Waals surface area contributed by atoms with E-state index in [2.05, 4.69) is 38.2 Å². The fourth-order valence-electron chi connectivity index (χ4n) is 0.435. The summed E-state index contributed by atoms with van der Waals surface area (Å²) in [5.41, 5.74) is 8.08. The molecule has 1 rings (SSSR count). The number of hydrogen-bond acceptors (Lipinski definition) is 4. The smallest absolute Gasteiger partial charge is 0.184 e. The predicted octanol–water partition coefficient (Wildman–Crippen LogP) is -1.03. The number of aromatic nitrogens is 3. The number of thiocarbonyl (C=S) groups is 1. The zero-order valence-electron chi connectivity index (χ0n) is 5.48. The van der Waals surface area contributed by atoms with E-state index in [0.717, 1.165) is 0 Å². The Bertz CT molecular complexity index is 252. The van der Waals surface area contributed by atoms with Crippen LogP contribution in [0.25, 0.3) is 0 Å². The first-order chi connectivity index (χ1) is 5.29. The third-order valence-electron chi connectivity index (χ3n) is 0.805. The first-order valence-corrected chi connectivity index (χ1v) is 3.14. The van der Waals surface area contributed by atoms with Gasteiger partial charge in [0.1, 0.15) is 5.69 Å². The van der Waals surface area contributed by atoms with Crippen LogP contribution in [-0.2, 0) is 0 Å². The van der Waals surface area contributed by atoms with Crippen LogP contribution < -0.4 is 11.2 Å². The van der Waals surface area contributed by atoms with E-state index in [1.54, 1.807) is 0 Å². The second-order valence-electron chi connectivity index (χ2n) is 1.63. The minimum absolute atomic E-state index is 0.116. The van der Waals surface area contributed by atoms with Crippen LogP contribution in [0.5, 0.6) is 0 Å². The number of H-pyrrole nitrogens is 1. The highest BCUT2D eigenvalue weighted by Crippen LogP contribution is 1.79. The van der Waals surface area contributed by atoms with E-state index in [9.17, 15) is 0 Å². The molecular weight excluding hydrogens is 164 g/mol. The predicted molar refractivity (Wildman–Crippen MR) is 43.9 cm³/mol. The Morgan fingerprint density at radius 3 is 3.27 bits per heavy atom. The van der Waals surface area contributed by atoms with E-state index in [4.69, 9.17) is 5.73 Å². The second kappa shape index (κ2) is 3.62. The van der Waals surface area contributed by atoms with Gasteiger partial charge in [-0.2, -0.15) is 20.5 Å². The van der Waals surface area contributed by atoms with E-state index < -0.39 is 0 Å². The summed E-state index contributed by atoms with van der Waals surface area (Å²) in [7, 11) is 0. The third-order valence-corrected chi connectivity index (χ3v) is 0.897. The zero-order chi connectivity index (χ0) is 8.10. The molecule has 0 aliphatic rings. The van der Waals surface area contributed by atoms with Crippen LogP contribution in [0, 0.1) is 0 Å². The van der Waals surface area contributed by atoms with E-state index in [1.165, 1.54) is 12.4 Å². The van der Waals surface area contributed by atoms with Gasteiger partial charge >= 0.3 is 0 Å². The van der Waals surface area contributed by atoms with E-state index in [0.29, 0.717) is 5.69 Å². The monoisotopic (exact) mass is 170 g/mol. The van der Waals surface area contributed by atoms with Gasteiger partial charge in [0.05, 0.1) is 12.4 Å². The lowest BCUT2D eigenvalue weighted by Crippen LogP contribution is -2.24.